The molecule has 0 unspecified atom stereocenters. The summed E-state index contributed by atoms with van der Waals surface area (Å²) in [7, 11) is 0. The molecule has 0 radical (unpaired) electrons. The summed E-state index contributed by atoms with van der Waals surface area (Å²) in [6.07, 6.45) is 20.9. The molecule has 0 aliphatic rings. The highest BCUT2D eigenvalue weighted by Crippen LogP contribution is 2.12. The second kappa shape index (κ2) is 11.8. The minimum atomic E-state index is 0.857. The van der Waals surface area contributed by atoms with Crippen LogP contribution in [0.15, 0.2) is 25.0 Å². The summed E-state index contributed by atoms with van der Waals surface area (Å²) in [5, 5.41) is 0. The van der Waals surface area contributed by atoms with Gasteiger partial charge in [-0.15, -0.1) is 0 Å². The standard InChI is InChI=1S/C18H32N2/c1-2-20-16-14-18(17-20)13-11-9-7-5-3-4-6-8-10-12-15-19/h2,14,16-17H,1,3-13,15,19H2. The third kappa shape index (κ3) is 8.21. The largest absolute Gasteiger partial charge is 0.331 e. The highest BCUT2D eigenvalue weighted by atomic mass is 14.9. The van der Waals surface area contributed by atoms with Gasteiger partial charge >= 0.3 is 0 Å². The molecule has 114 valence electrons. The van der Waals surface area contributed by atoms with Crippen LogP contribution in [-0.2, 0) is 6.42 Å². The predicted octanol–water partition coefficient (Wildman–Crippen LogP) is 4.99. The van der Waals surface area contributed by atoms with Crippen molar-refractivity contribution in [3.63, 3.8) is 0 Å². The Kier molecular flexibility index (Phi) is 10.0. The van der Waals surface area contributed by atoms with Gasteiger partial charge in [-0.1, -0.05) is 57.9 Å². The van der Waals surface area contributed by atoms with Crippen molar-refractivity contribution in [2.75, 3.05) is 6.54 Å². The summed E-state index contributed by atoms with van der Waals surface area (Å²) < 4.78 is 2.03. The van der Waals surface area contributed by atoms with Crippen molar-refractivity contribution in [1.82, 2.24) is 4.57 Å². The lowest BCUT2D eigenvalue weighted by atomic mass is 10.0. The van der Waals surface area contributed by atoms with Gasteiger partial charge in [0.15, 0.2) is 0 Å². The molecule has 0 bridgehead atoms. The van der Waals surface area contributed by atoms with E-state index in [1.54, 1.807) is 0 Å². The summed E-state index contributed by atoms with van der Waals surface area (Å²) in [5.41, 5.74) is 6.92. The van der Waals surface area contributed by atoms with E-state index in [9.17, 15) is 0 Å². The van der Waals surface area contributed by atoms with E-state index in [1.165, 1.54) is 76.2 Å². The molecule has 0 saturated carbocycles. The molecular weight excluding hydrogens is 244 g/mol. The van der Waals surface area contributed by atoms with E-state index in [4.69, 9.17) is 5.73 Å². The normalized spacial score (nSPS) is 10.8. The van der Waals surface area contributed by atoms with Crippen LogP contribution in [0.5, 0.6) is 0 Å². The van der Waals surface area contributed by atoms with Crippen LogP contribution in [0.25, 0.3) is 6.20 Å². The summed E-state index contributed by atoms with van der Waals surface area (Å²) in [6, 6.07) is 2.20. The number of unbranched alkanes of at least 4 members (excludes halogenated alkanes) is 9. The molecule has 0 fully saturated rings. The average Bonchev–Trinajstić information content (AvgIpc) is 2.93. The van der Waals surface area contributed by atoms with E-state index in [0.717, 1.165) is 6.54 Å². The number of aromatic nitrogens is 1. The molecule has 0 atom stereocenters. The summed E-state index contributed by atoms with van der Waals surface area (Å²) in [6.45, 7) is 4.62. The molecule has 0 aromatic carbocycles. The summed E-state index contributed by atoms with van der Waals surface area (Å²) >= 11 is 0. The molecule has 2 heteroatoms. The van der Waals surface area contributed by atoms with Crippen molar-refractivity contribution in [3.05, 3.63) is 30.6 Å². The maximum Gasteiger partial charge on any atom is 0.0114 e. The van der Waals surface area contributed by atoms with Crippen LogP contribution in [0.4, 0.5) is 0 Å². The first-order chi connectivity index (χ1) is 9.86. The van der Waals surface area contributed by atoms with Gasteiger partial charge in [-0.3, -0.25) is 0 Å². The Morgan fingerprint density at radius 2 is 1.45 bits per heavy atom. The molecular formula is C18H32N2. The lowest BCUT2D eigenvalue weighted by Gasteiger charge is -2.02. The molecule has 1 rings (SSSR count). The van der Waals surface area contributed by atoms with Gasteiger partial charge < -0.3 is 10.3 Å². The highest BCUT2D eigenvalue weighted by molar-refractivity contribution is 5.23. The molecule has 1 aromatic heterocycles. The summed E-state index contributed by atoms with van der Waals surface area (Å²) in [5.74, 6) is 0. The van der Waals surface area contributed by atoms with E-state index >= 15 is 0 Å². The van der Waals surface area contributed by atoms with E-state index in [-0.39, 0.29) is 0 Å². The molecule has 0 amide bonds. The molecule has 1 heterocycles. The van der Waals surface area contributed by atoms with Crippen LogP contribution < -0.4 is 5.73 Å². The van der Waals surface area contributed by atoms with Gasteiger partial charge in [0, 0.05) is 18.6 Å². The Morgan fingerprint density at radius 1 is 0.900 bits per heavy atom. The quantitative estimate of drug-likeness (QED) is 0.505. The Balaban J connectivity index is 1.84. The maximum atomic E-state index is 5.48. The van der Waals surface area contributed by atoms with Crippen molar-refractivity contribution in [3.8, 4) is 0 Å². The van der Waals surface area contributed by atoms with E-state index in [1.807, 2.05) is 10.8 Å². The third-order valence-corrected chi connectivity index (χ3v) is 3.91. The molecule has 20 heavy (non-hydrogen) atoms. The maximum absolute atomic E-state index is 5.48. The monoisotopic (exact) mass is 276 g/mol. The minimum absolute atomic E-state index is 0.857. The zero-order valence-corrected chi connectivity index (χ0v) is 13.0. The first-order valence-corrected chi connectivity index (χ1v) is 8.36. The van der Waals surface area contributed by atoms with Gasteiger partial charge in [0.1, 0.15) is 0 Å². The number of hydrogen-bond acceptors (Lipinski definition) is 1. The molecule has 2 N–H and O–H groups in total. The van der Waals surface area contributed by atoms with E-state index in [0.29, 0.717) is 0 Å². The zero-order chi connectivity index (χ0) is 14.5. The first-order valence-electron chi connectivity index (χ1n) is 8.36. The van der Waals surface area contributed by atoms with Crippen LogP contribution >= 0.6 is 0 Å². The van der Waals surface area contributed by atoms with Gasteiger partial charge in [-0.25, -0.2) is 0 Å². The predicted molar refractivity (Wildman–Crippen MR) is 89.7 cm³/mol. The fraction of sp³-hybridized carbons (Fsp3) is 0.667. The average molecular weight is 276 g/mol. The Morgan fingerprint density at radius 3 is 1.95 bits per heavy atom. The van der Waals surface area contributed by atoms with Gasteiger partial charge in [-0.2, -0.15) is 0 Å². The second-order valence-corrected chi connectivity index (χ2v) is 5.72. The third-order valence-electron chi connectivity index (χ3n) is 3.91. The lowest BCUT2D eigenvalue weighted by molar-refractivity contribution is 0.553. The Labute approximate surface area is 125 Å². The van der Waals surface area contributed by atoms with Crippen LogP contribution in [0.2, 0.25) is 0 Å². The number of aryl methyl sites for hydroxylation is 1. The molecule has 0 aliphatic carbocycles. The molecule has 0 saturated heterocycles. The van der Waals surface area contributed by atoms with Gasteiger partial charge in [0.2, 0.25) is 0 Å². The minimum Gasteiger partial charge on any atom is -0.331 e. The molecule has 1 aromatic rings. The molecule has 0 aliphatic heterocycles. The number of nitrogens with two attached hydrogens (primary N) is 1. The number of nitrogens with zero attached hydrogens (tertiary/aromatic N) is 1. The first kappa shape index (κ1) is 17.0. The summed E-state index contributed by atoms with van der Waals surface area (Å²) in [4.78, 5) is 0. The number of hydrogen-bond donors (Lipinski definition) is 1. The van der Waals surface area contributed by atoms with Crippen molar-refractivity contribution >= 4 is 6.20 Å². The van der Waals surface area contributed by atoms with Gasteiger partial charge in [0.05, 0.1) is 0 Å². The fourth-order valence-electron chi connectivity index (χ4n) is 2.61. The smallest absolute Gasteiger partial charge is 0.0114 e. The van der Waals surface area contributed by atoms with Crippen molar-refractivity contribution in [2.24, 2.45) is 5.73 Å². The second-order valence-electron chi connectivity index (χ2n) is 5.72. The van der Waals surface area contributed by atoms with Crippen molar-refractivity contribution in [2.45, 2.75) is 70.6 Å². The lowest BCUT2D eigenvalue weighted by Crippen LogP contribution is -1.97. The molecule has 0 spiro atoms. The van der Waals surface area contributed by atoms with Crippen LogP contribution in [0.3, 0.4) is 0 Å². The van der Waals surface area contributed by atoms with Crippen LogP contribution in [0.1, 0.15) is 69.8 Å². The fourth-order valence-corrected chi connectivity index (χ4v) is 2.61. The van der Waals surface area contributed by atoms with Crippen molar-refractivity contribution in [1.29, 1.82) is 0 Å². The van der Waals surface area contributed by atoms with E-state index in [2.05, 4.69) is 25.0 Å². The van der Waals surface area contributed by atoms with E-state index < -0.39 is 0 Å². The topological polar surface area (TPSA) is 30.9 Å². The SMILES string of the molecule is C=Cn1ccc(CCCCCCCCCCCCN)c1. The Bertz CT molecular complexity index is 341. The number of rotatable bonds is 13. The highest BCUT2D eigenvalue weighted by Gasteiger charge is 1.96. The van der Waals surface area contributed by atoms with Crippen molar-refractivity contribution < 1.29 is 0 Å². The molecule has 2 nitrogen and oxygen atoms in total. The van der Waals surface area contributed by atoms with Crippen LogP contribution in [-0.4, -0.2) is 11.1 Å². The van der Waals surface area contributed by atoms with Gasteiger partial charge in [0.25, 0.3) is 0 Å². The Hall–Kier alpha value is -1.02. The van der Waals surface area contributed by atoms with Crippen LogP contribution in [0, 0.1) is 0 Å². The zero-order valence-electron chi connectivity index (χ0n) is 13.0. The van der Waals surface area contributed by atoms with Gasteiger partial charge in [-0.05, 0) is 37.4 Å².